The van der Waals surface area contributed by atoms with Crippen LogP contribution in [0.4, 0.5) is 0 Å². The average Bonchev–Trinajstić information content (AvgIpc) is 2.61. The van der Waals surface area contributed by atoms with Crippen molar-refractivity contribution in [2.75, 3.05) is 53.0 Å². The van der Waals surface area contributed by atoms with Gasteiger partial charge in [0.1, 0.15) is 0 Å². The fraction of sp³-hybridized carbons (Fsp3) is 0.588. The maximum absolute atomic E-state index is 12.3. The van der Waals surface area contributed by atoms with Crippen LogP contribution in [0.5, 0.6) is 11.5 Å². The predicted octanol–water partition coefficient (Wildman–Crippen LogP) is 1.77. The summed E-state index contributed by atoms with van der Waals surface area (Å²) in [4.78, 5) is 14.7. The monoisotopic (exact) mass is 355 g/mol. The number of hydrogen-bond donors (Lipinski definition) is 2. The molecule has 24 heavy (non-hydrogen) atoms. The molecule has 1 aromatic carbocycles. The number of nitrogens with zero attached hydrogens (tertiary/aromatic N) is 1. The number of carbonyl (C=O) groups is 1. The molecule has 0 atom stereocenters. The molecule has 1 aromatic rings. The first-order chi connectivity index (χ1) is 11.7. The van der Waals surface area contributed by atoms with E-state index in [2.05, 4.69) is 15.5 Å². The lowest BCUT2D eigenvalue weighted by Crippen LogP contribution is -2.44. The lowest BCUT2D eigenvalue weighted by molar-refractivity contribution is 0.0951. The maximum Gasteiger partial charge on any atom is 0.251 e. The first kappa shape index (κ1) is 18.8. The van der Waals surface area contributed by atoms with Crippen LogP contribution in [0.25, 0.3) is 0 Å². The third-order valence-electron chi connectivity index (χ3n) is 3.93. The molecule has 0 unspecified atom stereocenters. The number of nitrogens with one attached hydrogen (secondary N) is 2. The van der Waals surface area contributed by atoms with E-state index < -0.39 is 0 Å². The van der Waals surface area contributed by atoms with Crippen molar-refractivity contribution in [3.8, 4) is 11.5 Å². The number of amides is 1. The molecule has 2 rings (SSSR count). The quantitative estimate of drug-likeness (QED) is 0.696. The zero-order valence-electron chi connectivity index (χ0n) is 14.4. The minimum atomic E-state index is -0.154. The Balaban J connectivity index is 1.86. The van der Waals surface area contributed by atoms with Crippen LogP contribution in [0.2, 0.25) is 5.02 Å². The molecule has 1 amide bonds. The van der Waals surface area contributed by atoms with Crippen molar-refractivity contribution in [3.63, 3.8) is 0 Å². The number of halogens is 1. The summed E-state index contributed by atoms with van der Waals surface area (Å²) in [6.45, 7) is 8.20. The molecule has 1 heterocycles. The summed E-state index contributed by atoms with van der Waals surface area (Å²) in [6.07, 6.45) is 0.924. The number of rotatable bonds is 8. The van der Waals surface area contributed by atoms with Crippen molar-refractivity contribution < 1.29 is 14.3 Å². The summed E-state index contributed by atoms with van der Waals surface area (Å²) in [6, 6.07) is 3.27. The van der Waals surface area contributed by atoms with Gasteiger partial charge in [0, 0.05) is 38.3 Å². The molecular formula is C17H26ClN3O3. The Labute approximate surface area is 148 Å². The van der Waals surface area contributed by atoms with Gasteiger partial charge >= 0.3 is 0 Å². The smallest absolute Gasteiger partial charge is 0.251 e. The van der Waals surface area contributed by atoms with Gasteiger partial charge in [0.15, 0.2) is 11.5 Å². The minimum absolute atomic E-state index is 0.154. The summed E-state index contributed by atoms with van der Waals surface area (Å²) in [5.41, 5.74) is 0.475. The van der Waals surface area contributed by atoms with Crippen molar-refractivity contribution in [1.82, 2.24) is 15.5 Å². The van der Waals surface area contributed by atoms with Crippen LogP contribution in [0, 0.1) is 0 Å². The van der Waals surface area contributed by atoms with E-state index in [1.54, 1.807) is 12.1 Å². The normalized spacial score (nSPS) is 15.1. The Kier molecular flexibility index (Phi) is 7.62. The molecule has 134 valence electrons. The number of ether oxygens (including phenoxy) is 2. The topological polar surface area (TPSA) is 62.8 Å². The first-order valence-electron chi connectivity index (χ1n) is 8.37. The van der Waals surface area contributed by atoms with Gasteiger partial charge in [-0.1, -0.05) is 11.6 Å². The van der Waals surface area contributed by atoms with Gasteiger partial charge < -0.3 is 25.0 Å². The Hall–Kier alpha value is -1.50. The van der Waals surface area contributed by atoms with Crippen molar-refractivity contribution in [1.29, 1.82) is 0 Å². The molecule has 1 fully saturated rings. The molecule has 1 saturated heterocycles. The summed E-state index contributed by atoms with van der Waals surface area (Å²) < 4.78 is 10.7. The molecule has 6 nitrogen and oxygen atoms in total. The van der Waals surface area contributed by atoms with Crippen LogP contribution in [0.15, 0.2) is 12.1 Å². The molecule has 1 aliphatic rings. The SMILES string of the molecule is CCOc1c(Cl)cc(C(=O)NCCCN2CCNCC2)cc1OC. The molecule has 0 bridgehead atoms. The van der Waals surface area contributed by atoms with Crippen LogP contribution in [-0.2, 0) is 0 Å². The zero-order valence-corrected chi connectivity index (χ0v) is 15.1. The number of benzene rings is 1. The van der Waals surface area contributed by atoms with Gasteiger partial charge in [0.2, 0.25) is 0 Å². The highest BCUT2D eigenvalue weighted by Crippen LogP contribution is 2.36. The lowest BCUT2D eigenvalue weighted by atomic mass is 10.2. The third-order valence-corrected chi connectivity index (χ3v) is 4.21. The van der Waals surface area contributed by atoms with E-state index in [0.29, 0.717) is 35.2 Å². The van der Waals surface area contributed by atoms with Crippen molar-refractivity contribution in [2.24, 2.45) is 0 Å². The largest absolute Gasteiger partial charge is 0.493 e. The fourth-order valence-corrected chi connectivity index (χ4v) is 2.94. The second-order valence-corrected chi connectivity index (χ2v) is 6.03. The minimum Gasteiger partial charge on any atom is -0.493 e. The average molecular weight is 356 g/mol. The fourth-order valence-electron chi connectivity index (χ4n) is 2.68. The maximum atomic E-state index is 12.3. The van der Waals surface area contributed by atoms with Crippen LogP contribution in [0.1, 0.15) is 23.7 Å². The second kappa shape index (κ2) is 9.71. The second-order valence-electron chi connectivity index (χ2n) is 5.62. The van der Waals surface area contributed by atoms with Crippen LogP contribution in [-0.4, -0.2) is 63.8 Å². The Bertz CT molecular complexity index is 548. The molecule has 7 heteroatoms. The zero-order chi connectivity index (χ0) is 17.4. The summed E-state index contributed by atoms with van der Waals surface area (Å²) in [5, 5.41) is 6.64. The van der Waals surface area contributed by atoms with Crippen LogP contribution < -0.4 is 20.1 Å². The van der Waals surface area contributed by atoms with E-state index in [4.69, 9.17) is 21.1 Å². The van der Waals surface area contributed by atoms with Crippen molar-refractivity contribution in [3.05, 3.63) is 22.7 Å². The van der Waals surface area contributed by atoms with Crippen molar-refractivity contribution >= 4 is 17.5 Å². The number of methoxy groups -OCH3 is 1. The molecule has 0 aliphatic carbocycles. The Morgan fingerprint density at radius 1 is 1.38 bits per heavy atom. The van der Waals surface area contributed by atoms with Gasteiger partial charge in [-0.2, -0.15) is 0 Å². The van der Waals surface area contributed by atoms with E-state index in [0.717, 1.165) is 39.1 Å². The molecule has 0 saturated carbocycles. The molecule has 2 N–H and O–H groups in total. The van der Waals surface area contributed by atoms with Gasteiger partial charge in [0.05, 0.1) is 18.7 Å². The van der Waals surface area contributed by atoms with E-state index >= 15 is 0 Å². The van der Waals surface area contributed by atoms with Gasteiger partial charge in [-0.25, -0.2) is 0 Å². The van der Waals surface area contributed by atoms with Gasteiger partial charge in [-0.3, -0.25) is 4.79 Å². The summed E-state index contributed by atoms with van der Waals surface area (Å²) in [7, 11) is 1.53. The van der Waals surface area contributed by atoms with E-state index in [-0.39, 0.29) is 5.91 Å². The number of piperazine rings is 1. The third kappa shape index (κ3) is 5.26. The van der Waals surface area contributed by atoms with Crippen molar-refractivity contribution in [2.45, 2.75) is 13.3 Å². The first-order valence-corrected chi connectivity index (χ1v) is 8.75. The summed E-state index contributed by atoms with van der Waals surface area (Å²) >= 11 is 6.20. The van der Waals surface area contributed by atoms with Crippen LogP contribution in [0.3, 0.4) is 0 Å². The van der Waals surface area contributed by atoms with Gasteiger partial charge in [-0.15, -0.1) is 0 Å². The molecule has 0 radical (unpaired) electrons. The van der Waals surface area contributed by atoms with Gasteiger partial charge in [-0.05, 0) is 32.0 Å². The lowest BCUT2D eigenvalue weighted by Gasteiger charge is -2.27. The summed E-state index contributed by atoms with van der Waals surface area (Å²) in [5.74, 6) is 0.783. The highest BCUT2D eigenvalue weighted by molar-refractivity contribution is 6.32. The Morgan fingerprint density at radius 3 is 2.79 bits per heavy atom. The van der Waals surface area contributed by atoms with Gasteiger partial charge in [0.25, 0.3) is 5.91 Å². The standard InChI is InChI=1S/C17H26ClN3O3/c1-3-24-16-14(18)11-13(12-15(16)23-2)17(22)20-5-4-8-21-9-6-19-7-10-21/h11-12,19H,3-10H2,1-2H3,(H,20,22). The molecule has 0 spiro atoms. The molecule has 0 aromatic heterocycles. The van der Waals surface area contributed by atoms with E-state index in [1.807, 2.05) is 6.92 Å². The highest BCUT2D eigenvalue weighted by atomic mass is 35.5. The highest BCUT2D eigenvalue weighted by Gasteiger charge is 2.15. The van der Waals surface area contributed by atoms with Crippen LogP contribution >= 0.6 is 11.6 Å². The Morgan fingerprint density at radius 2 is 2.12 bits per heavy atom. The molecular weight excluding hydrogens is 330 g/mol. The predicted molar refractivity (Wildman–Crippen MR) is 95.4 cm³/mol. The number of carbonyl (C=O) groups excluding carboxylic acids is 1. The number of hydrogen-bond acceptors (Lipinski definition) is 5. The van der Waals surface area contributed by atoms with E-state index in [9.17, 15) is 4.79 Å². The molecule has 1 aliphatic heterocycles. The van der Waals surface area contributed by atoms with E-state index in [1.165, 1.54) is 7.11 Å².